The van der Waals surface area contributed by atoms with Crippen LogP contribution >= 0.6 is 0 Å². The van der Waals surface area contributed by atoms with Crippen LogP contribution in [0.15, 0.2) is 12.2 Å². The molecule has 0 radical (unpaired) electrons. The first-order valence-electron chi connectivity index (χ1n) is 13.6. The molecule has 1 N–H and O–H groups in total. The van der Waals surface area contributed by atoms with Crippen LogP contribution < -0.4 is 0 Å². The van der Waals surface area contributed by atoms with E-state index < -0.39 is 17.8 Å². The van der Waals surface area contributed by atoms with Crippen LogP contribution in [0.1, 0.15) is 129 Å². The number of hydrogen-bond donors (Lipinski definition) is 1. The Balaban J connectivity index is 1.82. The number of carboxylic acids is 1. The summed E-state index contributed by atoms with van der Waals surface area (Å²) in [5.74, 6) is -1.53. The molecule has 186 valence electrons. The van der Waals surface area contributed by atoms with Crippen molar-refractivity contribution < 1.29 is 19.4 Å². The van der Waals surface area contributed by atoms with Crippen LogP contribution in [0.3, 0.4) is 0 Å². The molecule has 0 saturated carbocycles. The van der Waals surface area contributed by atoms with Gasteiger partial charge in [0.15, 0.2) is 0 Å². The van der Waals surface area contributed by atoms with Crippen molar-refractivity contribution in [3.05, 3.63) is 12.2 Å². The van der Waals surface area contributed by atoms with Gasteiger partial charge < -0.3 is 9.84 Å². The minimum absolute atomic E-state index is 0.340. The van der Waals surface area contributed by atoms with E-state index in [2.05, 4.69) is 13.8 Å². The molecule has 0 aromatic carbocycles. The first-order valence-corrected chi connectivity index (χ1v) is 13.6. The largest absolute Gasteiger partial charge is 0.481 e. The molecule has 0 aromatic heterocycles. The van der Waals surface area contributed by atoms with Crippen molar-refractivity contribution in [1.29, 1.82) is 0 Å². The maximum absolute atomic E-state index is 12.2. The molecule has 0 fully saturated rings. The van der Waals surface area contributed by atoms with Gasteiger partial charge in [0.2, 0.25) is 0 Å². The van der Waals surface area contributed by atoms with Crippen LogP contribution in [0.5, 0.6) is 0 Å². The average molecular weight is 451 g/mol. The molecule has 2 atom stereocenters. The Morgan fingerprint density at radius 3 is 1.56 bits per heavy atom. The SMILES string of the molecule is CC(C)CCCCCCCCCCCCCCCCCOC(=O)C1CC=CCC1C(=O)O. The summed E-state index contributed by atoms with van der Waals surface area (Å²) in [5.41, 5.74) is 0. The predicted molar refractivity (Wildman–Crippen MR) is 133 cm³/mol. The fourth-order valence-electron chi connectivity index (χ4n) is 4.58. The first kappa shape index (κ1) is 28.7. The van der Waals surface area contributed by atoms with Gasteiger partial charge >= 0.3 is 11.9 Å². The summed E-state index contributed by atoms with van der Waals surface area (Å²) in [6.07, 6.45) is 25.8. The highest BCUT2D eigenvalue weighted by Gasteiger charge is 2.34. The van der Waals surface area contributed by atoms with Gasteiger partial charge in [0.05, 0.1) is 18.4 Å². The Morgan fingerprint density at radius 2 is 1.12 bits per heavy atom. The van der Waals surface area contributed by atoms with Gasteiger partial charge in [-0.25, -0.2) is 0 Å². The fourth-order valence-corrected chi connectivity index (χ4v) is 4.58. The number of allylic oxidation sites excluding steroid dienone is 2. The van der Waals surface area contributed by atoms with E-state index in [1.165, 1.54) is 89.9 Å². The molecule has 0 spiro atoms. The lowest BCUT2D eigenvalue weighted by Gasteiger charge is -2.23. The molecule has 0 amide bonds. The molecule has 0 heterocycles. The Morgan fingerprint density at radius 1 is 0.719 bits per heavy atom. The summed E-state index contributed by atoms with van der Waals surface area (Å²) in [4.78, 5) is 23.5. The second-order valence-corrected chi connectivity index (χ2v) is 10.1. The highest BCUT2D eigenvalue weighted by Crippen LogP contribution is 2.27. The summed E-state index contributed by atoms with van der Waals surface area (Å²) >= 11 is 0. The molecule has 32 heavy (non-hydrogen) atoms. The fraction of sp³-hybridized carbons (Fsp3) is 0.857. The molecule has 0 aliphatic heterocycles. The van der Waals surface area contributed by atoms with Crippen LogP contribution in [-0.4, -0.2) is 23.7 Å². The summed E-state index contributed by atoms with van der Waals surface area (Å²) in [6.45, 7) is 5.05. The van der Waals surface area contributed by atoms with Crippen molar-refractivity contribution >= 4 is 11.9 Å². The molecule has 1 aliphatic carbocycles. The highest BCUT2D eigenvalue weighted by molar-refractivity contribution is 5.81. The number of esters is 1. The molecule has 1 rings (SSSR count). The number of ether oxygens (including phenoxy) is 1. The minimum atomic E-state index is -0.899. The van der Waals surface area contributed by atoms with Gasteiger partial charge in [-0.05, 0) is 25.2 Å². The van der Waals surface area contributed by atoms with Crippen molar-refractivity contribution in [2.75, 3.05) is 6.61 Å². The van der Waals surface area contributed by atoms with Crippen molar-refractivity contribution in [1.82, 2.24) is 0 Å². The molecule has 0 aromatic rings. The molecule has 4 heteroatoms. The van der Waals surface area contributed by atoms with E-state index in [-0.39, 0.29) is 5.97 Å². The zero-order chi connectivity index (χ0) is 23.4. The first-order chi connectivity index (χ1) is 15.5. The van der Waals surface area contributed by atoms with Gasteiger partial charge in [-0.3, -0.25) is 9.59 Å². The monoisotopic (exact) mass is 450 g/mol. The molecule has 1 aliphatic rings. The molecule has 0 bridgehead atoms. The second-order valence-electron chi connectivity index (χ2n) is 10.1. The van der Waals surface area contributed by atoms with Crippen LogP contribution in [0.2, 0.25) is 0 Å². The van der Waals surface area contributed by atoms with Crippen molar-refractivity contribution in [2.24, 2.45) is 17.8 Å². The standard InChI is InChI=1S/C28H50O4/c1-24(2)20-16-14-12-10-8-6-4-3-5-7-9-11-13-15-19-23-32-28(31)26-22-18-17-21-25(26)27(29)30/h17-18,24-26H,3-16,19-23H2,1-2H3,(H,29,30). The van der Waals surface area contributed by atoms with Crippen LogP contribution in [0.25, 0.3) is 0 Å². The molecule has 4 nitrogen and oxygen atoms in total. The quantitative estimate of drug-likeness (QED) is 0.116. The zero-order valence-electron chi connectivity index (χ0n) is 21.0. The van der Waals surface area contributed by atoms with Gasteiger partial charge in [-0.1, -0.05) is 122 Å². The Kier molecular flexibility index (Phi) is 17.2. The predicted octanol–water partition coefficient (Wildman–Crippen LogP) is 8.09. The number of hydrogen-bond acceptors (Lipinski definition) is 3. The topological polar surface area (TPSA) is 63.6 Å². The van der Waals surface area contributed by atoms with Crippen molar-refractivity contribution in [3.8, 4) is 0 Å². The summed E-state index contributed by atoms with van der Waals surface area (Å²) in [5, 5.41) is 9.25. The number of rotatable bonds is 20. The van der Waals surface area contributed by atoms with E-state index in [1.54, 1.807) is 0 Å². The van der Waals surface area contributed by atoms with E-state index in [0.29, 0.717) is 19.4 Å². The Bertz CT molecular complexity index is 512. The van der Waals surface area contributed by atoms with Gasteiger partial charge in [0.25, 0.3) is 0 Å². The lowest BCUT2D eigenvalue weighted by Crippen LogP contribution is -2.32. The summed E-state index contributed by atoms with van der Waals surface area (Å²) in [6, 6.07) is 0. The maximum Gasteiger partial charge on any atom is 0.310 e. The lowest BCUT2D eigenvalue weighted by atomic mass is 9.83. The number of aliphatic carboxylic acids is 1. The highest BCUT2D eigenvalue weighted by atomic mass is 16.5. The molecule has 2 unspecified atom stereocenters. The number of unbranched alkanes of at least 4 members (excludes halogenated alkanes) is 14. The smallest absolute Gasteiger partial charge is 0.310 e. The minimum Gasteiger partial charge on any atom is -0.481 e. The lowest BCUT2D eigenvalue weighted by molar-refractivity contribution is -0.158. The van der Waals surface area contributed by atoms with Crippen LogP contribution in [0, 0.1) is 17.8 Å². The van der Waals surface area contributed by atoms with Crippen LogP contribution in [0.4, 0.5) is 0 Å². The third-order valence-electron chi connectivity index (χ3n) is 6.72. The zero-order valence-corrected chi connectivity index (χ0v) is 21.0. The molecular weight excluding hydrogens is 400 g/mol. The van der Waals surface area contributed by atoms with E-state index in [4.69, 9.17) is 4.74 Å². The van der Waals surface area contributed by atoms with Gasteiger partial charge in [0.1, 0.15) is 0 Å². The maximum atomic E-state index is 12.2. The number of carbonyl (C=O) groups excluding carboxylic acids is 1. The third-order valence-corrected chi connectivity index (χ3v) is 6.72. The second kappa shape index (κ2) is 19.2. The van der Waals surface area contributed by atoms with Gasteiger partial charge in [-0.2, -0.15) is 0 Å². The average Bonchev–Trinajstić information content (AvgIpc) is 2.77. The van der Waals surface area contributed by atoms with E-state index in [1.807, 2.05) is 12.2 Å². The van der Waals surface area contributed by atoms with Crippen molar-refractivity contribution in [2.45, 2.75) is 129 Å². The van der Waals surface area contributed by atoms with E-state index >= 15 is 0 Å². The van der Waals surface area contributed by atoms with E-state index in [0.717, 1.165) is 18.8 Å². The number of carboxylic acid groups (broad SMARTS) is 1. The molecule has 0 saturated heterocycles. The van der Waals surface area contributed by atoms with E-state index in [9.17, 15) is 14.7 Å². The Labute approximate surface area is 197 Å². The summed E-state index contributed by atoms with van der Waals surface area (Å²) in [7, 11) is 0. The number of carbonyl (C=O) groups is 2. The molecular formula is C28H50O4. The Hall–Kier alpha value is -1.32. The summed E-state index contributed by atoms with van der Waals surface area (Å²) < 4.78 is 5.35. The normalized spacial score (nSPS) is 18.2. The van der Waals surface area contributed by atoms with Gasteiger partial charge in [0, 0.05) is 0 Å². The third kappa shape index (κ3) is 14.7. The van der Waals surface area contributed by atoms with Gasteiger partial charge in [-0.15, -0.1) is 0 Å². The van der Waals surface area contributed by atoms with Crippen molar-refractivity contribution in [3.63, 3.8) is 0 Å². The van der Waals surface area contributed by atoms with Crippen LogP contribution in [-0.2, 0) is 14.3 Å².